The van der Waals surface area contributed by atoms with Gasteiger partial charge in [-0.1, -0.05) is 121 Å². The SMILES string of the molecule is c1ccc(-c2cccc(-c3c4ccccc4c(-c4ccc5oc6ccc7c8ccccc8oc7c6c5c4)c4ccccc34)c2)cc1. The Morgan fingerprint density at radius 1 is 0.283 bits per heavy atom. The van der Waals surface area contributed by atoms with E-state index in [9.17, 15) is 0 Å². The summed E-state index contributed by atoms with van der Waals surface area (Å²) < 4.78 is 12.9. The molecule has 10 aromatic rings. The molecule has 0 aliphatic rings. The van der Waals surface area contributed by atoms with Gasteiger partial charge in [0.2, 0.25) is 0 Å². The summed E-state index contributed by atoms with van der Waals surface area (Å²) in [4.78, 5) is 0. The van der Waals surface area contributed by atoms with Crippen LogP contribution in [0.25, 0.3) is 98.8 Å². The maximum absolute atomic E-state index is 6.46. The van der Waals surface area contributed by atoms with Gasteiger partial charge in [0.05, 0.1) is 5.39 Å². The first-order valence-corrected chi connectivity index (χ1v) is 15.7. The fourth-order valence-electron chi connectivity index (χ4n) is 7.43. The largest absolute Gasteiger partial charge is 0.456 e. The third-order valence-electron chi connectivity index (χ3n) is 9.46. The molecule has 2 nitrogen and oxygen atoms in total. The number of benzene rings is 8. The Morgan fingerprint density at radius 2 is 0.826 bits per heavy atom. The van der Waals surface area contributed by atoms with Gasteiger partial charge in [-0.05, 0) is 91.3 Å². The van der Waals surface area contributed by atoms with E-state index in [0.29, 0.717) is 0 Å². The molecule has 10 rings (SSSR count). The lowest BCUT2D eigenvalue weighted by Crippen LogP contribution is -1.91. The quantitative estimate of drug-likeness (QED) is 0.193. The fraction of sp³-hybridized carbons (Fsp3) is 0. The molecule has 2 heterocycles. The van der Waals surface area contributed by atoms with Crippen molar-refractivity contribution in [3.05, 3.63) is 158 Å². The Bertz CT molecular complexity index is 2740. The van der Waals surface area contributed by atoms with Crippen LogP contribution in [-0.2, 0) is 0 Å². The Hall–Kier alpha value is -6.12. The third-order valence-corrected chi connectivity index (χ3v) is 9.46. The van der Waals surface area contributed by atoms with Crippen LogP contribution in [0.4, 0.5) is 0 Å². The van der Waals surface area contributed by atoms with E-state index in [0.717, 1.165) is 49.4 Å². The minimum absolute atomic E-state index is 0.835. The van der Waals surface area contributed by atoms with Crippen molar-refractivity contribution in [2.24, 2.45) is 0 Å². The van der Waals surface area contributed by atoms with E-state index in [2.05, 4.69) is 146 Å². The second-order valence-electron chi connectivity index (χ2n) is 12.0. The zero-order valence-corrected chi connectivity index (χ0v) is 24.8. The molecule has 0 spiro atoms. The van der Waals surface area contributed by atoms with Crippen LogP contribution >= 0.6 is 0 Å². The highest BCUT2D eigenvalue weighted by atomic mass is 16.3. The second kappa shape index (κ2) is 9.69. The monoisotopic (exact) mass is 586 g/mol. The van der Waals surface area contributed by atoms with E-state index in [1.54, 1.807) is 0 Å². The lowest BCUT2D eigenvalue weighted by atomic mass is 9.85. The van der Waals surface area contributed by atoms with Gasteiger partial charge in [-0.3, -0.25) is 0 Å². The van der Waals surface area contributed by atoms with Crippen LogP contribution in [-0.4, -0.2) is 0 Å². The second-order valence-corrected chi connectivity index (χ2v) is 12.0. The average molecular weight is 587 g/mol. The van der Waals surface area contributed by atoms with E-state index in [4.69, 9.17) is 8.83 Å². The number of hydrogen-bond donors (Lipinski definition) is 0. The van der Waals surface area contributed by atoms with E-state index >= 15 is 0 Å². The maximum atomic E-state index is 6.46. The summed E-state index contributed by atoms with van der Waals surface area (Å²) in [6, 6.07) is 56.2. The number of para-hydroxylation sites is 1. The van der Waals surface area contributed by atoms with Crippen LogP contribution in [0.15, 0.2) is 167 Å². The van der Waals surface area contributed by atoms with Crippen LogP contribution in [0, 0.1) is 0 Å². The van der Waals surface area contributed by atoms with Crippen LogP contribution in [0.5, 0.6) is 0 Å². The van der Waals surface area contributed by atoms with Crippen LogP contribution < -0.4 is 0 Å². The van der Waals surface area contributed by atoms with Gasteiger partial charge in [-0.15, -0.1) is 0 Å². The van der Waals surface area contributed by atoms with E-state index in [1.165, 1.54) is 49.4 Å². The summed E-state index contributed by atoms with van der Waals surface area (Å²) in [5.41, 5.74) is 10.7. The topological polar surface area (TPSA) is 26.3 Å². The molecule has 0 saturated heterocycles. The number of hydrogen-bond acceptors (Lipinski definition) is 2. The lowest BCUT2D eigenvalue weighted by Gasteiger charge is -2.18. The van der Waals surface area contributed by atoms with Gasteiger partial charge in [0.25, 0.3) is 0 Å². The molecular formula is C44H26O2. The van der Waals surface area contributed by atoms with Gasteiger partial charge in [0.1, 0.15) is 22.3 Å². The summed E-state index contributed by atoms with van der Waals surface area (Å²) in [5.74, 6) is 0. The molecular weight excluding hydrogens is 560 g/mol. The predicted molar refractivity (Wildman–Crippen MR) is 192 cm³/mol. The zero-order chi connectivity index (χ0) is 30.2. The standard InChI is InChI=1S/C44H26O2/c1-2-11-27(12-3-1)28-13-10-14-29(25-28)41-32-16-4-6-18-34(32)42(35-19-7-5-17-33(35)41)30-21-23-39-37(26-30)43-40(45-39)24-22-36-31-15-8-9-20-38(31)46-44(36)43/h1-26H. The van der Waals surface area contributed by atoms with Gasteiger partial charge in [0.15, 0.2) is 0 Å². The first kappa shape index (κ1) is 25.2. The molecule has 0 aliphatic carbocycles. The lowest BCUT2D eigenvalue weighted by molar-refractivity contribution is 0.663. The Morgan fingerprint density at radius 3 is 1.54 bits per heavy atom. The van der Waals surface area contributed by atoms with Crippen molar-refractivity contribution in [2.75, 3.05) is 0 Å². The summed E-state index contributed by atoms with van der Waals surface area (Å²) in [7, 11) is 0. The van der Waals surface area contributed by atoms with Crippen molar-refractivity contribution in [3.8, 4) is 33.4 Å². The molecule has 2 aromatic heterocycles. The third kappa shape index (κ3) is 3.65. The highest BCUT2D eigenvalue weighted by molar-refractivity contribution is 6.25. The molecule has 0 fully saturated rings. The normalized spacial score (nSPS) is 11.9. The zero-order valence-electron chi connectivity index (χ0n) is 24.8. The molecule has 214 valence electrons. The summed E-state index contributed by atoms with van der Waals surface area (Å²) in [6.45, 7) is 0. The number of fused-ring (bicyclic) bond motifs is 9. The van der Waals surface area contributed by atoms with E-state index < -0.39 is 0 Å². The molecule has 0 N–H and O–H groups in total. The van der Waals surface area contributed by atoms with Crippen molar-refractivity contribution in [3.63, 3.8) is 0 Å². The van der Waals surface area contributed by atoms with Gasteiger partial charge in [0, 0.05) is 16.2 Å². The Labute approximate surface area is 264 Å². The minimum atomic E-state index is 0.835. The van der Waals surface area contributed by atoms with Gasteiger partial charge >= 0.3 is 0 Å². The molecule has 0 radical (unpaired) electrons. The Kier molecular flexibility index (Phi) is 5.31. The molecule has 0 saturated carbocycles. The summed E-state index contributed by atoms with van der Waals surface area (Å²) >= 11 is 0. The first-order valence-electron chi connectivity index (χ1n) is 15.7. The van der Waals surface area contributed by atoms with Crippen LogP contribution in [0.1, 0.15) is 0 Å². The molecule has 2 heteroatoms. The predicted octanol–water partition coefficient (Wildman–Crippen LogP) is 12.8. The summed E-state index contributed by atoms with van der Waals surface area (Å²) in [6.07, 6.45) is 0. The van der Waals surface area contributed by atoms with E-state index in [-0.39, 0.29) is 0 Å². The van der Waals surface area contributed by atoms with Gasteiger partial charge in [-0.25, -0.2) is 0 Å². The van der Waals surface area contributed by atoms with Crippen molar-refractivity contribution in [1.82, 2.24) is 0 Å². The van der Waals surface area contributed by atoms with Crippen LogP contribution in [0.3, 0.4) is 0 Å². The average Bonchev–Trinajstić information content (AvgIpc) is 3.69. The highest BCUT2D eigenvalue weighted by Gasteiger charge is 2.20. The van der Waals surface area contributed by atoms with Crippen molar-refractivity contribution in [1.29, 1.82) is 0 Å². The van der Waals surface area contributed by atoms with E-state index in [1.807, 2.05) is 12.1 Å². The van der Waals surface area contributed by atoms with Crippen LogP contribution in [0.2, 0.25) is 0 Å². The fourth-order valence-corrected chi connectivity index (χ4v) is 7.43. The van der Waals surface area contributed by atoms with Gasteiger partial charge < -0.3 is 8.83 Å². The molecule has 0 unspecified atom stereocenters. The first-order chi connectivity index (χ1) is 22.8. The Balaban J connectivity index is 1.26. The van der Waals surface area contributed by atoms with Crippen molar-refractivity contribution < 1.29 is 8.83 Å². The summed E-state index contributed by atoms with van der Waals surface area (Å²) in [5, 5.41) is 9.22. The molecule has 0 atom stereocenters. The minimum Gasteiger partial charge on any atom is -0.456 e. The van der Waals surface area contributed by atoms with Crippen molar-refractivity contribution in [2.45, 2.75) is 0 Å². The maximum Gasteiger partial charge on any atom is 0.147 e. The molecule has 0 amide bonds. The molecule has 0 bridgehead atoms. The molecule has 8 aromatic carbocycles. The molecule has 0 aliphatic heterocycles. The number of furan rings is 2. The number of rotatable bonds is 3. The highest BCUT2D eigenvalue weighted by Crippen LogP contribution is 2.46. The molecule has 46 heavy (non-hydrogen) atoms. The van der Waals surface area contributed by atoms with Crippen molar-refractivity contribution >= 4 is 65.4 Å². The van der Waals surface area contributed by atoms with Gasteiger partial charge in [-0.2, -0.15) is 0 Å². The smallest absolute Gasteiger partial charge is 0.147 e.